The Morgan fingerprint density at radius 1 is 1.07 bits per heavy atom. The molecule has 0 radical (unpaired) electrons. The first-order chi connectivity index (χ1) is 13.7. The Labute approximate surface area is 169 Å². The highest BCUT2D eigenvalue weighted by Gasteiger charge is 2.12. The fourth-order valence-corrected chi connectivity index (χ4v) is 3.79. The summed E-state index contributed by atoms with van der Waals surface area (Å²) >= 11 is 1.47. The Bertz CT molecular complexity index is 983. The summed E-state index contributed by atoms with van der Waals surface area (Å²) in [5.41, 5.74) is 3.15. The van der Waals surface area contributed by atoms with Crippen molar-refractivity contribution in [3.8, 4) is 12.1 Å². The topological polar surface area (TPSA) is 85.5 Å². The van der Waals surface area contributed by atoms with E-state index in [0.29, 0.717) is 30.8 Å². The van der Waals surface area contributed by atoms with Crippen LogP contribution in [0.1, 0.15) is 35.1 Å². The van der Waals surface area contributed by atoms with E-state index in [2.05, 4.69) is 24.0 Å². The van der Waals surface area contributed by atoms with Crippen molar-refractivity contribution in [2.75, 3.05) is 6.61 Å². The molecule has 0 saturated heterocycles. The van der Waals surface area contributed by atoms with Crippen LogP contribution >= 0.6 is 11.8 Å². The molecule has 0 atom stereocenters. The van der Waals surface area contributed by atoms with Crippen molar-refractivity contribution >= 4 is 11.8 Å². The number of benzene rings is 2. The number of imidazole rings is 1. The molecule has 0 aliphatic carbocycles. The number of rotatable bonds is 8. The third-order valence-electron chi connectivity index (χ3n) is 4.12. The van der Waals surface area contributed by atoms with Gasteiger partial charge in [0.25, 0.3) is 0 Å². The fraction of sp³-hybridized carbons (Fsp3) is 0.227. The Kier molecular flexibility index (Phi) is 6.86. The maximum absolute atomic E-state index is 9.15. The highest BCUT2D eigenvalue weighted by molar-refractivity contribution is 7.99. The third kappa shape index (κ3) is 5.23. The van der Waals surface area contributed by atoms with Crippen LogP contribution in [-0.4, -0.2) is 16.6 Å². The van der Waals surface area contributed by atoms with E-state index < -0.39 is 0 Å². The molecule has 0 amide bonds. The summed E-state index contributed by atoms with van der Waals surface area (Å²) in [4.78, 5) is 8.90. The van der Waals surface area contributed by atoms with E-state index in [1.165, 1.54) is 11.8 Å². The molecule has 6 heteroatoms. The summed E-state index contributed by atoms with van der Waals surface area (Å²) in [7, 11) is 0. The van der Waals surface area contributed by atoms with Gasteiger partial charge >= 0.3 is 0 Å². The van der Waals surface area contributed by atoms with Crippen LogP contribution in [0.5, 0.6) is 0 Å². The lowest BCUT2D eigenvalue weighted by Crippen LogP contribution is -2.00. The molecule has 0 spiro atoms. The van der Waals surface area contributed by atoms with Gasteiger partial charge in [0.05, 0.1) is 36.5 Å². The molecule has 0 bridgehead atoms. The van der Waals surface area contributed by atoms with E-state index in [9.17, 15) is 0 Å². The second-order valence-electron chi connectivity index (χ2n) is 6.18. The maximum Gasteiger partial charge on any atom is 0.122 e. The highest BCUT2D eigenvalue weighted by Crippen LogP contribution is 2.30. The number of hydrogen-bond acceptors (Lipinski definition) is 5. The largest absolute Gasteiger partial charge is 0.376 e. The van der Waals surface area contributed by atoms with Crippen LogP contribution in [0.3, 0.4) is 0 Å². The second kappa shape index (κ2) is 9.75. The zero-order valence-corrected chi connectivity index (χ0v) is 16.4. The van der Waals surface area contributed by atoms with Crippen LogP contribution in [0.4, 0.5) is 0 Å². The molecule has 2 aromatic carbocycles. The van der Waals surface area contributed by atoms with Crippen LogP contribution in [0.15, 0.2) is 58.5 Å². The first-order valence-corrected chi connectivity index (χ1v) is 9.86. The molecule has 3 rings (SSSR count). The first kappa shape index (κ1) is 19.7. The molecular formula is C22H20N4OS. The lowest BCUT2D eigenvalue weighted by molar-refractivity contribution is 0.122. The van der Waals surface area contributed by atoms with E-state index >= 15 is 0 Å². The van der Waals surface area contributed by atoms with E-state index in [4.69, 9.17) is 20.2 Å². The van der Waals surface area contributed by atoms with Crippen molar-refractivity contribution in [1.29, 1.82) is 10.5 Å². The molecule has 0 saturated carbocycles. The summed E-state index contributed by atoms with van der Waals surface area (Å²) in [6, 6.07) is 19.4. The van der Waals surface area contributed by atoms with Gasteiger partial charge < -0.3 is 9.72 Å². The number of nitrogens with zero attached hydrogens (tertiary/aromatic N) is 3. The van der Waals surface area contributed by atoms with E-state index in [0.717, 1.165) is 33.4 Å². The summed E-state index contributed by atoms with van der Waals surface area (Å²) in [6.07, 6.45) is 1.52. The lowest BCUT2D eigenvalue weighted by Gasteiger charge is -2.03. The van der Waals surface area contributed by atoms with Gasteiger partial charge in [-0.05, 0) is 30.2 Å². The zero-order chi connectivity index (χ0) is 19.8. The molecule has 1 N–H and O–H groups in total. The van der Waals surface area contributed by atoms with Crippen LogP contribution in [0, 0.1) is 22.7 Å². The SMILES string of the molecule is CCc1[nH]c(CCOCc2ccccc2)nc1Sc1cc(C#N)cc(C#N)c1. The van der Waals surface area contributed by atoms with Gasteiger partial charge in [0.1, 0.15) is 10.9 Å². The molecule has 3 aromatic rings. The van der Waals surface area contributed by atoms with Crippen LogP contribution < -0.4 is 0 Å². The second-order valence-corrected chi connectivity index (χ2v) is 7.24. The van der Waals surface area contributed by atoms with Gasteiger partial charge in [-0.15, -0.1) is 0 Å². The summed E-state index contributed by atoms with van der Waals surface area (Å²) in [5.74, 6) is 0.879. The highest BCUT2D eigenvalue weighted by atomic mass is 32.2. The van der Waals surface area contributed by atoms with Crippen molar-refractivity contribution in [2.24, 2.45) is 0 Å². The summed E-state index contributed by atoms with van der Waals surface area (Å²) in [6.45, 7) is 3.24. The van der Waals surface area contributed by atoms with E-state index in [1.54, 1.807) is 18.2 Å². The number of aromatic nitrogens is 2. The number of aromatic amines is 1. The molecule has 28 heavy (non-hydrogen) atoms. The van der Waals surface area contributed by atoms with Crippen molar-refractivity contribution in [3.63, 3.8) is 0 Å². The molecule has 0 aliphatic rings. The lowest BCUT2D eigenvalue weighted by atomic mass is 10.1. The van der Waals surface area contributed by atoms with Crippen molar-refractivity contribution in [3.05, 3.63) is 76.7 Å². The van der Waals surface area contributed by atoms with Gasteiger partial charge in [-0.25, -0.2) is 4.98 Å². The average molecular weight is 388 g/mol. The van der Waals surface area contributed by atoms with Gasteiger partial charge in [0.2, 0.25) is 0 Å². The molecule has 140 valence electrons. The van der Waals surface area contributed by atoms with Gasteiger partial charge in [0.15, 0.2) is 0 Å². The molecule has 1 aromatic heterocycles. The van der Waals surface area contributed by atoms with Gasteiger partial charge in [-0.1, -0.05) is 49.0 Å². The predicted octanol–water partition coefficient (Wildman–Crippen LogP) is 4.63. The minimum Gasteiger partial charge on any atom is -0.376 e. The number of ether oxygens (including phenoxy) is 1. The van der Waals surface area contributed by atoms with Gasteiger partial charge in [-0.2, -0.15) is 10.5 Å². The molecule has 0 fully saturated rings. The van der Waals surface area contributed by atoms with Crippen LogP contribution in [0.2, 0.25) is 0 Å². The minimum absolute atomic E-state index is 0.477. The number of H-pyrrole nitrogens is 1. The van der Waals surface area contributed by atoms with Crippen molar-refractivity contribution < 1.29 is 4.74 Å². The number of nitrogens with one attached hydrogen (secondary N) is 1. The number of nitriles is 2. The summed E-state index contributed by atoms with van der Waals surface area (Å²) < 4.78 is 5.75. The Hall–Kier alpha value is -3.06. The van der Waals surface area contributed by atoms with E-state index in [-0.39, 0.29) is 0 Å². The smallest absolute Gasteiger partial charge is 0.122 e. The Morgan fingerprint density at radius 2 is 1.79 bits per heavy atom. The molecule has 5 nitrogen and oxygen atoms in total. The van der Waals surface area contributed by atoms with Crippen molar-refractivity contribution in [2.45, 2.75) is 36.3 Å². The number of aryl methyl sites for hydroxylation is 1. The summed E-state index contributed by atoms with van der Waals surface area (Å²) in [5, 5.41) is 19.2. The quantitative estimate of drug-likeness (QED) is 0.569. The van der Waals surface area contributed by atoms with Crippen molar-refractivity contribution in [1.82, 2.24) is 9.97 Å². The first-order valence-electron chi connectivity index (χ1n) is 9.04. The zero-order valence-electron chi connectivity index (χ0n) is 15.6. The monoisotopic (exact) mass is 388 g/mol. The molecule has 0 aliphatic heterocycles. The van der Waals surface area contributed by atoms with Gasteiger partial charge in [0, 0.05) is 17.0 Å². The molecule has 1 heterocycles. The maximum atomic E-state index is 9.15. The third-order valence-corrected chi connectivity index (χ3v) is 5.12. The predicted molar refractivity (Wildman–Crippen MR) is 108 cm³/mol. The Balaban J connectivity index is 1.64. The van der Waals surface area contributed by atoms with Gasteiger partial charge in [-0.3, -0.25) is 0 Å². The van der Waals surface area contributed by atoms with E-state index in [1.807, 2.05) is 30.3 Å². The molecule has 0 unspecified atom stereocenters. The number of hydrogen-bond donors (Lipinski definition) is 1. The average Bonchev–Trinajstić information content (AvgIpc) is 3.13. The van der Waals surface area contributed by atoms with Crippen LogP contribution in [-0.2, 0) is 24.2 Å². The fourth-order valence-electron chi connectivity index (χ4n) is 2.72. The Morgan fingerprint density at radius 3 is 2.43 bits per heavy atom. The standard InChI is InChI=1S/C22H20N4OS/c1-2-20-22(28-19-11-17(13-23)10-18(12-19)14-24)26-21(25-20)8-9-27-15-16-6-4-3-5-7-16/h3-7,10-12H,2,8-9,15H2,1H3,(H,25,26). The minimum atomic E-state index is 0.477. The normalized spacial score (nSPS) is 10.4. The van der Waals surface area contributed by atoms with Crippen LogP contribution in [0.25, 0.3) is 0 Å². The molecular weight excluding hydrogens is 368 g/mol.